The zero-order chi connectivity index (χ0) is 17.6. The molecule has 0 spiro atoms. The lowest BCUT2D eigenvalue weighted by atomic mass is 9.95. The van der Waals surface area contributed by atoms with Crippen LogP contribution in [0.4, 0.5) is 4.79 Å². The molecule has 0 fully saturated rings. The third kappa shape index (κ3) is 6.08. The van der Waals surface area contributed by atoms with E-state index >= 15 is 0 Å². The summed E-state index contributed by atoms with van der Waals surface area (Å²) < 4.78 is 10.4. The minimum absolute atomic E-state index is 0.321. The molecule has 0 aliphatic heterocycles. The topological polar surface area (TPSA) is 93.8 Å². The van der Waals surface area contributed by atoms with E-state index in [1.54, 1.807) is 33.9 Å². The normalized spacial score (nSPS) is 14.0. The van der Waals surface area contributed by atoms with Crippen molar-refractivity contribution in [1.29, 1.82) is 0 Å². The van der Waals surface area contributed by atoms with E-state index in [2.05, 4.69) is 5.32 Å². The number of methoxy groups -OCH3 is 1. The van der Waals surface area contributed by atoms with Crippen molar-refractivity contribution in [3.8, 4) is 5.75 Å². The van der Waals surface area contributed by atoms with E-state index in [0.717, 1.165) is 5.56 Å². The molecule has 0 heterocycles. The second-order valence-corrected chi connectivity index (χ2v) is 6.52. The van der Waals surface area contributed by atoms with E-state index in [1.807, 2.05) is 19.1 Å². The molecule has 6 heteroatoms. The van der Waals surface area contributed by atoms with Gasteiger partial charge in [0, 0.05) is 18.2 Å². The largest absolute Gasteiger partial charge is 0.496 e. The predicted octanol–water partition coefficient (Wildman–Crippen LogP) is 2.28. The Morgan fingerprint density at radius 2 is 2.04 bits per heavy atom. The monoisotopic (exact) mass is 324 g/mol. The Morgan fingerprint density at radius 1 is 1.39 bits per heavy atom. The molecule has 4 N–H and O–H groups in total. The number of aliphatic hydroxyl groups is 1. The lowest BCUT2D eigenvalue weighted by Gasteiger charge is -2.23. The Kier molecular flexibility index (Phi) is 6.84. The first-order valence-electron chi connectivity index (χ1n) is 7.69. The van der Waals surface area contributed by atoms with Gasteiger partial charge in [-0.05, 0) is 45.7 Å². The van der Waals surface area contributed by atoms with Gasteiger partial charge in [0.2, 0.25) is 0 Å². The smallest absolute Gasteiger partial charge is 0.407 e. The van der Waals surface area contributed by atoms with Crippen LogP contribution in [0.1, 0.15) is 44.4 Å². The molecule has 2 unspecified atom stereocenters. The van der Waals surface area contributed by atoms with Crippen LogP contribution in [0.5, 0.6) is 5.75 Å². The lowest BCUT2D eigenvalue weighted by Crippen LogP contribution is -2.37. The number of carbonyl (C=O) groups is 1. The molecule has 1 amide bonds. The maximum atomic E-state index is 11.6. The maximum Gasteiger partial charge on any atom is 0.407 e. The molecule has 1 rings (SSSR count). The molecule has 1 aromatic carbocycles. The first kappa shape index (κ1) is 19.3. The Bertz CT molecular complexity index is 526. The van der Waals surface area contributed by atoms with Gasteiger partial charge in [0.05, 0.1) is 13.2 Å². The zero-order valence-electron chi connectivity index (χ0n) is 14.6. The molecule has 2 atom stereocenters. The highest BCUT2D eigenvalue weighted by Gasteiger charge is 2.23. The van der Waals surface area contributed by atoms with Crippen LogP contribution in [0.15, 0.2) is 18.2 Å². The first-order valence-corrected chi connectivity index (χ1v) is 7.69. The predicted molar refractivity (Wildman–Crippen MR) is 89.5 cm³/mol. The average molecular weight is 324 g/mol. The molecule has 130 valence electrons. The molecule has 0 bridgehead atoms. The van der Waals surface area contributed by atoms with Crippen molar-refractivity contribution in [2.24, 2.45) is 5.73 Å². The number of hydrogen-bond acceptors (Lipinski definition) is 5. The summed E-state index contributed by atoms with van der Waals surface area (Å²) in [7, 11) is 1.56. The number of ether oxygens (including phenoxy) is 2. The van der Waals surface area contributed by atoms with Crippen molar-refractivity contribution >= 4 is 6.09 Å². The molecule has 0 aliphatic rings. The van der Waals surface area contributed by atoms with Crippen LogP contribution in [0.2, 0.25) is 0 Å². The first-order chi connectivity index (χ1) is 10.7. The molecule has 0 aliphatic carbocycles. The van der Waals surface area contributed by atoms with Crippen molar-refractivity contribution in [2.75, 3.05) is 13.7 Å². The fourth-order valence-corrected chi connectivity index (χ4v) is 2.24. The molecule has 23 heavy (non-hydrogen) atoms. The third-order valence-corrected chi connectivity index (χ3v) is 3.35. The quantitative estimate of drug-likeness (QED) is 0.746. The third-order valence-electron chi connectivity index (χ3n) is 3.35. The van der Waals surface area contributed by atoms with Crippen LogP contribution in [0.25, 0.3) is 0 Å². The summed E-state index contributed by atoms with van der Waals surface area (Å²) in [6.07, 6.45) is -0.947. The van der Waals surface area contributed by atoms with Gasteiger partial charge in [0.1, 0.15) is 11.4 Å². The number of nitrogens with two attached hydrogens (primary N) is 1. The van der Waals surface area contributed by atoms with Crippen LogP contribution < -0.4 is 15.8 Å². The van der Waals surface area contributed by atoms with Gasteiger partial charge >= 0.3 is 6.09 Å². The van der Waals surface area contributed by atoms with Crippen LogP contribution >= 0.6 is 0 Å². The van der Waals surface area contributed by atoms with Crippen molar-refractivity contribution in [2.45, 2.75) is 51.9 Å². The van der Waals surface area contributed by atoms with Gasteiger partial charge in [-0.2, -0.15) is 0 Å². The Morgan fingerprint density at radius 3 is 2.61 bits per heavy atom. The van der Waals surface area contributed by atoms with Gasteiger partial charge < -0.3 is 25.6 Å². The van der Waals surface area contributed by atoms with E-state index in [0.29, 0.717) is 24.3 Å². The summed E-state index contributed by atoms with van der Waals surface area (Å²) in [5, 5.41) is 13.1. The zero-order valence-corrected chi connectivity index (χ0v) is 14.6. The van der Waals surface area contributed by atoms with Gasteiger partial charge in [-0.25, -0.2) is 4.79 Å². The second kappa shape index (κ2) is 8.17. The van der Waals surface area contributed by atoms with Gasteiger partial charge in [0.25, 0.3) is 0 Å². The standard InChI is InChI=1S/C17H28N2O4/c1-11-7-6-8-13(22-5)14(11)15(20)12(18)9-10-19-16(21)23-17(2,3)4/h6-8,12,15,20H,9-10,18H2,1-5H3,(H,19,21). The number of aryl methyl sites for hydroxylation is 1. The van der Waals surface area contributed by atoms with Crippen LogP contribution in [0.3, 0.4) is 0 Å². The van der Waals surface area contributed by atoms with E-state index in [1.165, 1.54) is 0 Å². The van der Waals surface area contributed by atoms with Crippen molar-refractivity contribution in [3.63, 3.8) is 0 Å². The summed E-state index contributed by atoms with van der Waals surface area (Å²) in [5.41, 5.74) is 7.11. The number of hydrogen-bond donors (Lipinski definition) is 3. The molecule has 1 aromatic rings. The summed E-state index contributed by atoms with van der Waals surface area (Å²) in [6, 6.07) is 5.02. The number of benzene rings is 1. The fourth-order valence-electron chi connectivity index (χ4n) is 2.24. The van der Waals surface area contributed by atoms with Crippen molar-refractivity contribution < 1.29 is 19.4 Å². The lowest BCUT2D eigenvalue weighted by molar-refractivity contribution is 0.0521. The average Bonchev–Trinajstić information content (AvgIpc) is 2.44. The van der Waals surface area contributed by atoms with Gasteiger partial charge in [0.15, 0.2) is 0 Å². The summed E-state index contributed by atoms with van der Waals surface area (Å²) >= 11 is 0. The summed E-state index contributed by atoms with van der Waals surface area (Å²) in [4.78, 5) is 11.6. The highest BCUT2D eigenvalue weighted by atomic mass is 16.6. The molecule has 0 aromatic heterocycles. The molecular weight excluding hydrogens is 296 g/mol. The minimum Gasteiger partial charge on any atom is -0.496 e. The maximum absolute atomic E-state index is 11.6. The summed E-state index contributed by atoms with van der Waals surface area (Å²) in [6.45, 7) is 7.61. The van der Waals surface area contributed by atoms with Crippen LogP contribution in [0, 0.1) is 6.92 Å². The second-order valence-electron chi connectivity index (χ2n) is 6.52. The Labute approximate surface area is 138 Å². The number of carbonyl (C=O) groups excluding carboxylic acids is 1. The number of nitrogens with one attached hydrogen (secondary N) is 1. The molecule has 0 radical (unpaired) electrons. The van der Waals surface area contributed by atoms with Crippen molar-refractivity contribution in [3.05, 3.63) is 29.3 Å². The van der Waals surface area contributed by atoms with Crippen LogP contribution in [-0.2, 0) is 4.74 Å². The number of aliphatic hydroxyl groups excluding tert-OH is 1. The van der Waals surface area contributed by atoms with Gasteiger partial charge in [-0.15, -0.1) is 0 Å². The van der Waals surface area contributed by atoms with Gasteiger partial charge in [-0.1, -0.05) is 12.1 Å². The van der Waals surface area contributed by atoms with E-state index in [9.17, 15) is 9.90 Å². The highest BCUT2D eigenvalue weighted by Crippen LogP contribution is 2.30. The number of amides is 1. The van der Waals surface area contributed by atoms with Crippen molar-refractivity contribution in [1.82, 2.24) is 5.32 Å². The fraction of sp³-hybridized carbons (Fsp3) is 0.588. The molecule has 6 nitrogen and oxygen atoms in total. The van der Waals surface area contributed by atoms with E-state index in [4.69, 9.17) is 15.2 Å². The van der Waals surface area contributed by atoms with Crippen LogP contribution in [-0.4, -0.2) is 36.5 Å². The summed E-state index contributed by atoms with van der Waals surface area (Å²) in [5.74, 6) is 0.605. The SMILES string of the molecule is COc1cccc(C)c1C(O)C(N)CCNC(=O)OC(C)(C)C. The molecular formula is C17H28N2O4. The highest BCUT2D eigenvalue weighted by molar-refractivity contribution is 5.67. The molecule has 0 saturated carbocycles. The Hall–Kier alpha value is -1.79. The number of alkyl carbamates (subject to hydrolysis) is 1. The number of rotatable bonds is 6. The minimum atomic E-state index is -0.869. The molecule has 0 saturated heterocycles. The van der Waals surface area contributed by atoms with E-state index in [-0.39, 0.29) is 0 Å². The van der Waals surface area contributed by atoms with E-state index < -0.39 is 23.8 Å². The van der Waals surface area contributed by atoms with Gasteiger partial charge in [-0.3, -0.25) is 0 Å². The Balaban J connectivity index is 2.59.